The van der Waals surface area contributed by atoms with Gasteiger partial charge in [0.05, 0.1) is 5.56 Å². The van der Waals surface area contributed by atoms with E-state index in [0.717, 1.165) is 24.3 Å². The minimum Gasteiger partial charge on any atom is -0.381 e. The van der Waals surface area contributed by atoms with Crippen LogP contribution in [0.3, 0.4) is 0 Å². The molecule has 0 saturated carbocycles. The Bertz CT molecular complexity index is 587. The summed E-state index contributed by atoms with van der Waals surface area (Å²) in [4.78, 5) is 0. The van der Waals surface area contributed by atoms with E-state index in [2.05, 4.69) is 5.32 Å². The highest BCUT2D eigenvalue weighted by atomic mass is 19.4. The smallest absolute Gasteiger partial charge is 0.381 e. The second-order valence-corrected chi connectivity index (χ2v) is 4.13. The highest BCUT2D eigenvalue weighted by Crippen LogP contribution is 2.30. The average Bonchev–Trinajstić information content (AvgIpc) is 2.37. The lowest BCUT2D eigenvalue weighted by Gasteiger charge is -2.11. The molecule has 0 atom stereocenters. The van der Waals surface area contributed by atoms with Gasteiger partial charge in [0, 0.05) is 17.8 Å². The average molecular weight is 287 g/mol. The lowest BCUT2D eigenvalue weighted by Crippen LogP contribution is -2.07. The molecule has 1 nitrogen and oxygen atoms in total. The molecular formula is C14H10F5N. The van der Waals surface area contributed by atoms with E-state index >= 15 is 0 Å². The maximum absolute atomic E-state index is 13.4. The van der Waals surface area contributed by atoms with Crippen LogP contribution >= 0.6 is 0 Å². The maximum Gasteiger partial charge on any atom is 0.416 e. The van der Waals surface area contributed by atoms with E-state index in [0.29, 0.717) is 0 Å². The summed E-state index contributed by atoms with van der Waals surface area (Å²) in [6, 6.07) is 7.83. The Kier molecular flexibility index (Phi) is 3.92. The van der Waals surface area contributed by atoms with E-state index < -0.39 is 23.4 Å². The zero-order valence-corrected chi connectivity index (χ0v) is 10.1. The summed E-state index contributed by atoms with van der Waals surface area (Å²) in [7, 11) is 0. The maximum atomic E-state index is 13.4. The SMILES string of the molecule is Fc1cccc(F)c1CNc1cccc(C(F)(F)F)c1. The highest BCUT2D eigenvalue weighted by Gasteiger charge is 2.30. The molecular weight excluding hydrogens is 277 g/mol. The molecule has 0 unspecified atom stereocenters. The van der Waals surface area contributed by atoms with Gasteiger partial charge in [0.15, 0.2) is 0 Å². The van der Waals surface area contributed by atoms with Crippen molar-refractivity contribution in [3.63, 3.8) is 0 Å². The summed E-state index contributed by atoms with van der Waals surface area (Å²) in [6.07, 6.45) is -4.46. The van der Waals surface area contributed by atoms with Gasteiger partial charge < -0.3 is 5.32 Å². The van der Waals surface area contributed by atoms with Crippen molar-refractivity contribution in [1.29, 1.82) is 0 Å². The standard InChI is InChI=1S/C14H10F5N/c15-12-5-2-6-13(16)11(12)8-20-10-4-1-3-9(7-10)14(17,18)19/h1-7,20H,8H2. The summed E-state index contributed by atoms with van der Waals surface area (Å²) in [5.74, 6) is -1.49. The Labute approximate surface area is 112 Å². The Morgan fingerprint density at radius 1 is 0.900 bits per heavy atom. The fourth-order valence-electron chi connectivity index (χ4n) is 1.70. The van der Waals surface area contributed by atoms with Crippen LogP contribution < -0.4 is 5.32 Å². The van der Waals surface area contributed by atoms with Crippen molar-refractivity contribution < 1.29 is 22.0 Å². The molecule has 2 aromatic rings. The van der Waals surface area contributed by atoms with Gasteiger partial charge in [-0.3, -0.25) is 0 Å². The number of alkyl halides is 3. The molecule has 2 aromatic carbocycles. The fraction of sp³-hybridized carbons (Fsp3) is 0.143. The van der Waals surface area contributed by atoms with E-state index in [9.17, 15) is 22.0 Å². The number of rotatable bonds is 3. The molecule has 0 aliphatic rings. The van der Waals surface area contributed by atoms with Gasteiger partial charge in [-0.05, 0) is 30.3 Å². The molecule has 2 rings (SSSR count). The summed E-state index contributed by atoms with van der Waals surface area (Å²) >= 11 is 0. The van der Waals surface area contributed by atoms with Gasteiger partial charge in [0.25, 0.3) is 0 Å². The van der Waals surface area contributed by atoms with Crippen molar-refractivity contribution in [2.24, 2.45) is 0 Å². The third-order valence-corrected chi connectivity index (χ3v) is 2.72. The number of hydrogen-bond acceptors (Lipinski definition) is 1. The van der Waals surface area contributed by atoms with Crippen molar-refractivity contribution in [3.05, 3.63) is 65.2 Å². The highest BCUT2D eigenvalue weighted by molar-refractivity contribution is 5.47. The van der Waals surface area contributed by atoms with Crippen LogP contribution in [0, 0.1) is 11.6 Å². The van der Waals surface area contributed by atoms with Crippen LogP contribution in [0.4, 0.5) is 27.6 Å². The first-order valence-electron chi connectivity index (χ1n) is 5.72. The summed E-state index contributed by atoms with van der Waals surface area (Å²) in [6.45, 7) is -0.236. The zero-order valence-electron chi connectivity index (χ0n) is 10.1. The van der Waals surface area contributed by atoms with Crippen LogP contribution in [0.25, 0.3) is 0 Å². The molecule has 0 bridgehead atoms. The van der Waals surface area contributed by atoms with Gasteiger partial charge in [-0.15, -0.1) is 0 Å². The van der Waals surface area contributed by atoms with Gasteiger partial charge in [0.1, 0.15) is 11.6 Å². The lowest BCUT2D eigenvalue weighted by atomic mass is 10.1. The van der Waals surface area contributed by atoms with Crippen molar-refractivity contribution in [1.82, 2.24) is 0 Å². The van der Waals surface area contributed by atoms with Crippen LogP contribution in [-0.2, 0) is 12.7 Å². The van der Waals surface area contributed by atoms with Gasteiger partial charge in [-0.25, -0.2) is 8.78 Å². The largest absolute Gasteiger partial charge is 0.416 e. The van der Waals surface area contributed by atoms with E-state index in [1.807, 2.05) is 0 Å². The van der Waals surface area contributed by atoms with Crippen LogP contribution in [0.1, 0.15) is 11.1 Å². The second kappa shape index (κ2) is 5.48. The predicted octanol–water partition coefficient (Wildman–Crippen LogP) is 4.60. The Balaban J connectivity index is 2.16. The molecule has 0 saturated heterocycles. The first-order chi connectivity index (χ1) is 9.38. The zero-order chi connectivity index (χ0) is 14.8. The number of nitrogens with one attached hydrogen (secondary N) is 1. The van der Waals surface area contributed by atoms with Gasteiger partial charge in [-0.2, -0.15) is 13.2 Å². The Hall–Kier alpha value is -2.11. The summed E-state index contributed by atoms with van der Waals surface area (Å²) in [5.41, 5.74) is -0.899. The van der Waals surface area contributed by atoms with E-state index in [4.69, 9.17) is 0 Å². The molecule has 106 valence electrons. The van der Waals surface area contributed by atoms with Gasteiger partial charge >= 0.3 is 6.18 Å². The van der Waals surface area contributed by atoms with Crippen molar-refractivity contribution >= 4 is 5.69 Å². The third-order valence-electron chi connectivity index (χ3n) is 2.72. The molecule has 1 N–H and O–H groups in total. The van der Waals surface area contributed by atoms with Crippen molar-refractivity contribution in [2.45, 2.75) is 12.7 Å². The topological polar surface area (TPSA) is 12.0 Å². The molecule has 20 heavy (non-hydrogen) atoms. The van der Waals surface area contributed by atoms with Crippen LogP contribution in [0.5, 0.6) is 0 Å². The minimum atomic E-state index is -4.46. The monoisotopic (exact) mass is 287 g/mol. The van der Waals surface area contributed by atoms with Crippen LogP contribution in [0.15, 0.2) is 42.5 Å². The summed E-state index contributed by atoms with van der Waals surface area (Å²) in [5, 5.41) is 2.58. The molecule has 0 heterocycles. The molecule has 0 fully saturated rings. The minimum absolute atomic E-state index is 0.141. The number of anilines is 1. The molecule has 0 spiro atoms. The van der Waals surface area contributed by atoms with E-state index in [1.165, 1.54) is 18.2 Å². The first-order valence-corrected chi connectivity index (χ1v) is 5.72. The molecule has 0 aliphatic heterocycles. The van der Waals surface area contributed by atoms with E-state index in [1.54, 1.807) is 0 Å². The number of benzene rings is 2. The van der Waals surface area contributed by atoms with Crippen molar-refractivity contribution in [3.8, 4) is 0 Å². The van der Waals surface area contributed by atoms with E-state index in [-0.39, 0.29) is 17.8 Å². The number of hydrogen-bond donors (Lipinski definition) is 1. The quantitative estimate of drug-likeness (QED) is 0.814. The van der Waals surface area contributed by atoms with Crippen LogP contribution in [0.2, 0.25) is 0 Å². The van der Waals surface area contributed by atoms with Gasteiger partial charge in [-0.1, -0.05) is 12.1 Å². The second-order valence-electron chi connectivity index (χ2n) is 4.13. The molecule has 0 amide bonds. The molecule has 0 aliphatic carbocycles. The third kappa shape index (κ3) is 3.26. The predicted molar refractivity (Wildman–Crippen MR) is 65.1 cm³/mol. The Morgan fingerprint density at radius 3 is 2.10 bits per heavy atom. The molecule has 6 heteroatoms. The lowest BCUT2D eigenvalue weighted by molar-refractivity contribution is -0.137. The molecule has 0 radical (unpaired) electrons. The van der Waals surface area contributed by atoms with Gasteiger partial charge in [0.2, 0.25) is 0 Å². The first kappa shape index (κ1) is 14.3. The fourth-order valence-corrected chi connectivity index (χ4v) is 1.70. The van der Waals surface area contributed by atoms with Crippen LogP contribution in [-0.4, -0.2) is 0 Å². The molecule has 0 aromatic heterocycles. The number of halogens is 5. The van der Waals surface area contributed by atoms with Crippen molar-refractivity contribution in [2.75, 3.05) is 5.32 Å². The normalized spacial score (nSPS) is 11.4. The Morgan fingerprint density at radius 2 is 1.50 bits per heavy atom. The summed E-state index contributed by atoms with van der Waals surface area (Å²) < 4.78 is 64.3.